The summed E-state index contributed by atoms with van der Waals surface area (Å²) in [6.45, 7) is 0. The van der Waals surface area contributed by atoms with E-state index in [0.717, 1.165) is 38.9 Å². The summed E-state index contributed by atoms with van der Waals surface area (Å²) in [6.07, 6.45) is 0. The Labute approximate surface area is 244 Å². The fourth-order valence-corrected chi connectivity index (χ4v) is 6.00. The lowest BCUT2D eigenvalue weighted by Crippen LogP contribution is -1.97. The lowest BCUT2D eigenvalue weighted by atomic mass is 9.94. The van der Waals surface area contributed by atoms with Crippen molar-refractivity contribution in [3.05, 3.63) is 158 Å². The number of hydrogen-bond donors (Lipinski definition) is 0. The molecule has 7 aromatic carbocycles. The first-order valence-electron chi connectivity index (χ1n) is 14.3. The van der Waals surface area contributed by atoms with Gasteiger partial charge in [-0.05, 0) is 38.4 Å². The van der Waals surface area contributed by atoms with E-state index in [1.165, 1.54) is 38.4 Å². The van der Waals surface area contributed by atoms with Crippen LogP contribution in [-0.4, -0.2) is 9.97 Å². The second kappa shape index (κ2) is 10.1. The van der Waals surface area contributed by atoms with Gasteiger partial charge in [0.05, 0.1) is 11.2 Å². The first kappa shape index (κ1) is 24.2. The van der Waals surface area contributed by atoms with Gasteiger partial charge in [-0.3, -0.25) is 0 Å². The predicted molar refractivity (Wildman–Crippen MR) is 176 cm³/mol. The van der Waals surface area contributed by atoms with Crippen LogP contribution in [0.1, 0.15) is 0 Å². The van der Waals surface area contributed by atoms with Crippen LogP contribution in [0.25, 0.3) is 77.3 Å². The summed E-state index contributed by atoms with van der Waals surface area (Å²) in [4.78, 5) is 10.5. The smallest absolute Gasteiger partial charge is 0.160 e. The zero-order valence-corrected chi connectivity index (χ0v) is 22.9. The van der Waals surface area contributed by atoms with Crippen LogP contribution in [0.3, 0.4) is 0 Å². The molecule has 1 aromatic heterocycles. The van der Waals surface area contributed by atoms with Crippen LogP contribution in [0, 0.1) is 0 Å². The Morgan fingerprint density at radius 2 is 0.690 bits per heavy atom. The van der Waals surface area contributed by atoms with Crippen LogP contribution in [0.5, 0.6) is 0 Å². The molecule has 42 heavy (non-hydrogen) atoms. The third-order valence-corrected chi connectivity index (χ3v) is 8.09. The van der Waals surface area contributed by atoms with Crippen LogP contribution < -0.4 is 0 Å². The van der Waals surface area contributed by atoms with Gasteiger partial charge in [0.2, 0.25) is 0 Å². The highest BCUT2D eigenvalue weighted by atomic mass is 14.9. The number of benzene rings is 7. The van der Waals surface area contributed by atoms with Crippen molar-refractivity contribution < 1.29 is 0 Å². The third kappa shape index (κ3) is 4.13. The fourth-order valence-electron chi connectivity index (χ4n) is 6.00. The number of nitrogens with zero attached hydrogens (tertiary/aromatic N) is 2. The van der Waals surface area contributed by atoms with Crippen LogP contribution in [0.15, 0.2) is 158 Å². The Balaban J connectivity index is 1.29. The van der Waals surface area contributed by atoms with E-state index in [2.05, 4.69) is 146 Å². The van der Waals surface area contributed by atoms with E-state index in [9.17, 15) is 0 Å². The maximum Gasteiger partial charge on any atom is 0.160 e. The molecule has 0 saturated heterocycles. The quantitative estimate of drug-likeness (QED) is 0.210. The van der Waals surface area contributed by atoms with Crippen molar-refractivity contribution in [1.29, 1.82) is 0 Å². The van der Waals surface area contributed by atoms with E-state index in [1.54, 1.807) is 0 Å². The molecule has 0 aliphatic carbocycles. The lowest BCUT2D eigenvalue weighted by Gasteiger charge is -2.15. The minimum absolute atomic E-state index is 0.729. The molecule has 0 radical (unpaired) electrons. The third-order valence-electron chi connectivity index (χ3n) is 8.09. The number of fused-ring (bicyclic) bond motifs is 6. The molecular weight excluding hydrogens is 508 g/mol. The van der Waals surface area contributed by atoms with Crippen molar-refractivity contribution in [1.82, 2.24) is 9.97 Å². The number of rotatable bonds is 4. The van der Waals surface area contributed by atoms with Crippen molar-refractivity contribution in [3.63, 3.8) is 0 Å². The van der Waals surface area contributed by atoms with Gasteiger partial charge in [0.25, 0.3) is 0 Å². The van der Waals surface area contributed by atoms with Crippen molar-refractivity contribution in [2.24, 2.45) is 0 Å². The maximum absolute atomic E-state index is 5.25. The fraction of sp³-hybridized carbons (Fsp3) is 0. The summed E-state index contributed by atoms with van der Waals surface area (Å²) in [5, 5.41) is 5.83. The van der Waals surface area contributed by atoms with Crippen LogP contribution in [0.2, 0.25) is 0 Å². The van der Waals surface area contributed by atoms with Crippen molar-refractivity contribution in [2.75, 3.05) is 0 Å². The SMILES string of the molecule is c1ccc(-c2ccc(-c3ccc(-c4nc(-c5ccccc5)c5c6ccccc6c6ccccc6c5n4)cc3)cc2)cc1. The molecule has 2 nitrogen and oxygen atoms in total. The molecule has 0 unspecified atom stereocenters. The Morgan fingerprint density at radius 1 is 0.286 bits per heavy atom. The van der Waals surface area contributed by atoms with E-state index in [0.29, 0.717) is 0 Å². The monoisotopic (exact) mass is 534 g/mol. The molecule has 0 atom stereocenters. The van der Waals surface area contributed by atoms with Gasteiger partial charge in [-0.15, -0.1) is 0 Å². The second-order valence-electron chi connectivity index (χ2n) is 10.6. The van der Waals surface area contributed by atoms with Crippen molar-refractivity contribution in [2.45, 2.75) is 0 Å². The Kier molecular flexibility index (Phi) is 5.82. The molecule has 0 fully saturated rings. The number of hydrogen-bond acceptors (Lipinski definition) is 2. The molecule has 0 bridgehead atoms. The molecule has 0 aliphatic rings. The average Bonchev–Trinajstić information content (AvgIpc) is 3.09. The minimum atomic E-state index is 0.729. The molecule has 196 valence electrons. The van der Waals surface area contributed by atoms with Gasteiger partial charge >= 0.3 is 0 Å². The van der Waals surface area contributed by atoms with Crippen molar-refractivity contribution >= 4 is 32.4 Å². The number of aromatic nitrogens is 2. The zero-order chi connectivity index (χ0) is 27.9. The zero-order valence-electron chi connectivity index (χ0n) is 22.9. The van der Waals surface area contributed by atoms with Gasteiger partial charge in [0.15, 0.2) is 5.82 Å². The summed E-state index contributed by atoms with van der Waals surface area (Å²) < 4.78 is 0. The minimum Gasteiger partial charge on any atom is -0.227 e. The van der Waals surface area contributed by atoms with E-state index in [4.69, 9.17) is 9.97 Å². The standard InChI is InChI=1S/C40H26N2/c1-3-11-27(12-4-1)28-19-21-29(22-20-28)30-23-25-32(26-24-30)40-41-38(31-13-5-2-6-14-31)37-35-17-9-7-15-33(35)34-16-8-10-18-36(34)39(37)42-40/h1-26H. The predicted octanol–water partition coefficient (Wildman–Crippen LogP) is 10.6. The molecule has 0 spiro atoms. The lowest BCUT2D eigenvalue weighted by molar-refractivity contribution is 1.24. The van der Waals surface area contributed by atoms with E-state index < -0.39 is 0 Å². The van der Waals surface area contributed by atoms with Gasteiger partial charge in [-0.25, -0.2) is 9.97 Å². The van der Waals surface area contributed by atoms with E-state index in [1.807, 2.05) is 12.1 Å². The second-order valence-corrected chi connectivity index (χ2v) is 10.6. The van der Waals surface area contributed by atoms with E-state index in [-0.39, 0.29) is 0 Å². The van der Waals surface area contributed by atoms with Gasteiger partial charge in [-0.2, -0.15) is 0 Å². The van der Waals surface area contributed by atoms with Crippen LogP contribution in [0.4, 0.5) is 0 Å². The highest BCUT2D eigenvalue weighted by molar-refractivity contribution is 6.27. The Morgan fingerprint density at radius 3 is 1.26 bits per heavy atom. The van der Waals surface area contributed by atoms with Crippen LogP contribution in [-0.2, 0) is 0 Å². The highest BCUT2D eigenvalue weighted by Crippen LogP contribution is 2.39. The molecule has 0 aliphatic heterocycles. The van der Waals surface area contributed by atoms with Crippen molar-refractivity contribution in [3.8, 4) is 44.9 Å². The molecule has 8 aromatic rings. The summed E-state index contributed by atoms with van der Waals surface area (Å²) in [5.74, 6) is 0.729. The maximum atomic E-state index is 5.25. The van der Waals surface area contributed by atoms with Gasteiger partial charge < -0.3 is 0 Å². The van der Waals surface area contributed by atoms with Crippen LogP contribution >= 0.6 is 0 Å². The summed E-state index contributed by atoms with van der Waals surface area (Å²) in [6, 6.07) is 55.5. The average molecular weight is 535 g/mol. The van der Waals surface area contributed by atoms with Gasteiger partial charge in [0.1, 0.15) is 0 Å². The van der Waals surface area contributed by atoms with Gasteiger partial charge in [0, 0.05) is 21.9 Å². The topological polar surface area (TPSA) is 25.8 Å². The van der Waals surface area contributed by atoms with Gasteiger partial charge in [-0.1, -0.05) is 158 Å². The molecule has 0 N–H and O–H groups in total. The summed E-state index contributed by atoms with van der Waals surface area (Å²) in [5.41, 5.74) is 8.81. The first-order chi connectivity index (χ1) is 20.8. The highest BCUT2D eigenvalue weighted by Gasteiger charge is 2.17. The Bertz CT molecular complexity index is 2200. The normalized spacial score (nSPS) is 11.3. The molecule has 0 saturated carbocycles. The molecular formula is C40H26N2. The molecule has 8 rings (SSSR count). The first-order valence-corrected chi connectivity index (χ1v) is 14.3. The molecule has 0 amide bonds. The Hall–Kier alpha value is -5.60. The molecule has 1 heterocycles. The molecule has 2 heteroatoms. The summed E-state index contributed by atoms with van der Waals surface area (Å²) in [7, 11) is 0. The largest absolute Gasteiger partial charge is 0.227 e. The van der Waals surface area contributed by atoms with E-state index >= 15 is 0 Å². The summed E-state index contributed by atoms with van der Waals surface area (Å²) >= 11 is 0.